The number of carbonyl (C=O) groups excluding carboxylic acids is 2. The smallest absolute Gasteiger partial charge is 0.240 e. The van der Waals surface area contributed by atoms with Crippen molar-refractivity contribution < 1.29 is 9.59 Å². The van der Waals surface area contributed by atoms with Crippen molar-refractivity contribution in [2.75, 3.05) is 0 Å². The molecule has 38 heavy (non-hydrogen) atoms. The maximum absolute atomic E-state index is 13.2. The largest absolute Gasteiger partial charge is 0.304 e. The van der Waals surface area contributed by atoms with Crippen molar-refractivity contribution in [1.29, 1.82) is 0 Å². The minimum Gasteiger partial charge on any atom is -0.304 e. The second-order valence-corrected chi connectivity index (χ2v) is 16.1. The molecule has 4 aliphatic carbocycles. The number of hydrogen-bond donors (Lipinski definition) is 1. The van der Waals surface area contributed by atoms with Crippen molar-refractivity contribution in [2.45, 2.75) is 130 Å². The van der Waals surface area contributed by atoms with Gasteiger partial charge in [-0.15, -0.1) is 5.10 Å². The van der Waals surface area contributed by atoms with Gasteiger partial charge >= 0.3 is 0 Å². The highest BCUT2D eigenvalue weighted by molar-refractivity contribution is 8.15. The monoisotopic (exact) mass is 543 g/mol. The first-order chi connectivity index (χ1) is 17.9. The van der Waals surface area contributed by atoms with Gasteiger partial charge < -0.3 is 5.32 Å². The van der Waals surface area contributed by atoms with E-state index in [4.69, 9.17) is 5.10 Å². The van der Waals surface area contributed by atoms with Gasteiger partial charge in [0, 0.05) is 13.8 Å². The van der Waals surface area contributed by atoms with Crippen LogP contribution < -0.4 is 5.32 Å². The van der Waals surface area contributed by atoms with Crippen LogP contribution in [-0.4, -0.2) is 26.9 Å². The SMILES string of the molecule is CC(=O)NC1=NN(C(C)=O)[C@]2(C[C@H]3[C@@H]4CC[C@H]([C@H](C)CCCC(C)C)[C@@]4(C)CC[C@@H]3[C@@]3(C)CCCC[C@@H]32)S1. The van der Waals surface area contributed by atoms with Crippen LogP contribution in [0.15, 0.2) is 5.10 Å². The second-order valence-electron chi connectivity index (χ2n) is 14.8. The molecule has 9 atom stereocenters. The zero-order valence-electron chi connectivity index (χ0n) is 25.1. The standard InChI is InChI=1S/C32H53N3O2S/c1-20(2)11-10-12-21(3)25-14-15-26-24-19-32(35(23(5)37)34-29(38-32)33-22(4)36)28-13-8-9-17-31(28,7)27(24)16-18-30(25,26)6/h20-21,24-28H,8-19H2,1-7H3,(H,33,34,36)/t21-,24+,25-,26+,27+,28+,30-,31-,32-/m1/s1. The topological polar surface area (TPSA) is 61.8 Å². The number of amides is 2. The summed E-state index contributed by atoms with van der Waals surface area (Å²) in [4.78, 5) is 24.8. The predicted molar refractivity (Wildman–Crippen MR) is 157 cm³/mol. The van der Waals surface area contributed by atoms with Crippen LogP contribution in [0.3, 0.4) is 0 Å². The van der Waals surface area contributed by atoms with E-state index in [1.54, 1.807) is 25.6 Å². The highest BCUT2D eigenvalue weighted by atomic mass is 32.2. The third kappa shape index (κ3) is 4.57. The maximum Gasteiger partial charge on any atom is 0.240 e. The molecule has 0 bridgehead atoms. The van der Waals surface area contributed by atoms with Crippen LogP contribution in [0.1, 0.15) is 126 Å². The second kappa shape index (κ2) is 10.4. The Morgan fingerprint density at radius 3 is 2.42 bits per heavy atom. The maximum atomic E-state index is 13.2. The number of thioether (sulfide) groups is 1. The van der Waals surface area contributed by atoms with Crippen molar-refractivity contribution in [3.8, 4) is 0 Å². The summed E-state index contributed by atoms with van der Waals surface area (Å²) < 4.78 is 0. The molecule has 6 heteroatoms. The molecule has 0 aromatic rings. The molecule has 2 amide bonds. The van der Waals surface area contributed by atoms with Crippen LogP contribution in [0.5, 0.6) is 0 Å². The summed E-state index contributed by atoms with van der Waals surface area (Å²) in [6.07, 6.45) is 15.5. The lowest BCUT2D eigenvalue weighted by molar-refractivity contribution is -0.165. The highest BCUT2D eigenvalue weighted by Crippen LogP contribution is 2.72. The van der Waals surface area contributed by atoms with Gasteiger partial charge in [-0.2, -0.15) is 0 Å². The Labute approximate surface area is 236 Å². The molecule has 1 heterocycles. The Bertz CT molecular complexity index is 966. The van der Waals surface area contributed by atoms with E-state index in [9.17, 15) is 9.59 Å². The van der Waals surface area contributed by atoms with Gasteiger partial charge in [-0.1, -0.05) is 78.5 Å². The molecular weight excluding hydrogens is 490 g/mol. The molecular formula is C32H53N3O2S. The molecule has 1 spiro atoms. The molecule has 5 nitrogen and oxygen atoms in total. The summed E-state index contributed by atoms with van der Waals surface area (Å²) in [5.74, 6) is 4.84. The predicted octanol–water partition coefficient (Wildman–Crippen LogP) is 7.81. The van der Waals surface area contributed by atoms with Crippen molar-refractivity contribution in [3.05, 3.63) is 0 Å². The summed E-state index contributed by atoms with van der Waals surface area (Å²) in [7, 11) is 0. The molecule has 1 N–H and O–H groups in total. The van der Waals surface area contributed by atoms with E-state index >= 15 is 0 Å². The van der Waals surface area contributed by atoms with E-state index in [-0.39, 0.29) is 22.1 Å². The van der Waals surface area contributed by atoms with Crippen molar-refractivity contribution in [3.63, 3.8) is 0 Å². The normalized spacial score (nSPS) is 42.9. The number of hydrogen-bond acceptors (Lipinski definition) is 4. The number of hydrazone groups is 1. The molecule has 4 saturated carbocycles. The van der Waals surface area contributed by atoms with Crippen molar-refractivity contribution >= 4 is 28.7 Å². The van der Waals surface area contributed by atoms with E-state index < -0.39 is 0 Å². The van der Waals surface area contributed by atoms with Gasteiger partial charge in [0.15, 0.2) is 5.17 Å². The first-order valence-electron chi connectivity index (χ1n) is 15.8. The molecule has 0 aromatic heterocycles. The van der Waals surface area contributed by atoms with Crippen molar-refractivity contribution in [2.24, 2.45) is 57.4 Å². The zero-order valence-corrected chi connectivity index (χ0v) is 26.0. The minimum absolute atomic E-state index is 0.0193. The number of fused-ring (bicyclic) bond motifs is 6. The van der Waals surface area contributed by atoms with Crippen LogP contribution in [-0.2, 0) is 9.59 Å². The summed E-state index contributed by atoms with van der Waals surface area (Å²) in [6, 6.07) is 0. The fourth-order valence-electron chi connectivity index (χ4n) is 10.7. The first kappa shape index (κ1) is 28.5. The minimum atomic E-state index is -0.362. The molecule has 0 aromatic carbocycles. The van der Waals surface area contributed by atoms with Crippen LogP contribution in [0, 0.1) is 52.3 Å². The Balaban J connectivity index is 1.47. The number of amidine groups is 1. The molecule has 214 valence electrons. The number of nitrogens with one attached hydrogen (secondary N) is 1. The summed E-state index contributed by atoms with van der Waals surface area (Å²) >= 11 is 1.72. The van der Waals surface area contributed by atoms with Gasteiger partial charge in [0.2, 0.25) is 11.8 Å². The third-order valence-electron chi connectivity index (χ3n) is 12.2. The number of carbonyl (C=O) groups is 2. The molecule has 5 aliphatic rings. The van der Waals surface area contributed by atoms with Gasteiger partial charge in [0.05, 0.1) is 0 Å². The number of nitrogens with zero attached hydrogens (tertiary/aromatic N) is 2. The van der Waals surface area contributed by atoms with Gasteiger partial charge in [-0.05, 0) is 97.2 Å². The molecule has 4 fully saturated rings. The van der Waals surface area contributed by atoms with E-state index in [0.717, 1.165) is 42.4 Å². The molecule has 5 rings (SSSR count). The van der Waals surface area contributed by atoms with E-state index in [0.29, 0.717) is 22.4 Å². The molecule has 0 radical (unpaired) electrons. The van der Waals surface area contributed by atoms with Crippen LogP contribution in [0.2, 0.25) is 0 Å². The van der Waals surface area contributed by atoms with E-state index in [1.165, 1.54) is 64.2 Å². The van der Waals surface area contributed by atoms with Crippen molar-refractivity contribution in [1.82, 2.24) is 10.3 Å². The van der Waals surface area contributed by atoms with Gasteiger partial charge in [0.1, 0.15) is 4.87 Å². The lowest BCUT2D eigenvalue weighted by atomic mass is 9.43. The lowest BCUT2D eigenvalue weighted by Crippen LogP contribution is -2.65. The quantitative estimate of drug-likeness (QED) is 0.385. The fourth-order valence-corrected chi connectivity index (χ4v) is 12.4. The lowest BCUT2D eigenvalue weighted by Gasteiger charge is -2.66. The Kier molecular flexibility index (Phi) is 7.81. The first-order valence-corrected chi connectivity index (χ1v) is 16.6. The average Bonchev–Trinajstić information content (AvgIpc) is 3.36. The van der Waals surface area contributed by atoms with E-state index in [1.807, 2.05) is 5.01 Å². The summed E-state index contributed by atoms with van der Waals surface area (Å²) in [6.45, 7) is 15.7. The summed E-state index contributed by atoms with van der Waals surface area (Å²) in [5, 5.41) is 10.2. The van der Waals surface area contributed by atoms with Crippen LogP contribution >= 0.6 is 11.8 Å². The molecule has 1 aliphatic heterocycles. The fraction of sp³-hybridized carbons (Fsp3) is 0.906. The Hall–Kier alpha value is -1.04. The highest BCUT2D eigenvalue weighted by Gasteiger charge is 2.68. The van der Waals surface area contributed by atoms with Crippen LogP contribution in [0.25, 0.3) is 0 Å². The van der Waals surface area contributed by atoms with E-state index in [2.05, 4.69) is 39.9 Å². The van der Waals surface area contributed by atoms with Gasteiger partial charge in [-0.25, -0.2) is 5.01 Å². The van der Waals surface area contributed by atoms with Gasteiger partial charge in [0.25, 0.3) is 0 Å². The average molecular weight is 544 g/mol. The number of rotatable bonds is 5. The van der Waals surface area contributed by atoms with Gasteiger partial charge in [-0.3, -0.25) is 9.59 Å². The molecule has 0 unspecified atom stereocenters. The molecule has 0 saturated heterocycles. The summed E-state index contributed by atoms with van der Waals surface area (Å²) in [5.41, 5.74) is 0.633. The Morgan fingerprint density at radius 1 is 1.00 bits per heavy atom. The zero-order chi connectivity index (χ0) is 27.5. The van der Waals surface area contributed by atoms with Crippen LogP contribution in [0.4, 0.5) is 0 Å². The third-order valence-corrected chi connectivity index (χ3v) is 13.6. The Morgan fingerprint density at radius 2 is 1.74 bits per heavy atom.